The first-order valence-corrected chi connectivity index (χ1v) is 11.2. The molecule has 5 rings (SSSR count). The monoisotopic (exact) mass is 435 g/mol. The van der Waals surface area contributed by atoms with Gasteiger partial charge < -0.3 is 5.11 Å². The van der Waals surface area contributed by atoms with E-state index in [0.29, 0.717) is 5.52 Å². The fraction of sp³-hybridized carbons (Fsp3) is 0.214. The van der Waals surface area contributed by atoms with Gasteiger partial charge in [0.1, 0.15) is 11.8 Å². The van der Waals surface area contributed by atoms with Crippen LogP contribution in [0.15, 0.2) is 84.9 Å². The number of carboxylic acid groups (broad SMARTS) is 1. The van der Waals surface area contributed by atoms with Gasteiger partial charge in [0.05, 0.1) is 5.52 Å². The highest BCUT2D eigenvalue weighted by Gasteiger charge is 2.40. The van der Waals surface area contributed by atoms with Gasteiger partial charge in [-0.1, -0.05) is 66.7 Å². The molecular weight excluding hydrogens is 410 g/mol. The van der Waals surface area contributed by atoms with E-state index >= 15 is 0 Å². The highest BCUT2D eigenvalue weighted by molar-refractivity contribution is 5.91. The number of nitrogens with zero attached hydrogens (tertiary/aromatic N) is 3. The largest absolute Gasteiger partial charge is 0.464 e. The van der Waals surface area contributed by atoms with Crippen molar-refractivity contribution in [3.05, 3.63) is 107 Å². The molecule has 33 heavy (non-hydrogen) atoms. The molecule has 1 atom stereocenters. The standard InChI is InChI=1S/C28H25N3O2/c29-18-25-16-23-15-24(11-12-26(23)31(25)27(32)33)28(17-21-7-3-1-4-8-21)13-14-30(20-28)19-22-9-5-2-6-10-22/h1-12,15-16H,13-14,17,19-20H2,(H,32,33). The Labute approximate surface area is 193 Å². The Hall–Kier alpha value is -3.88. The molecule has 1 fully saturated rings. The van der Waals surface area contributed by atoms with Crippen LogP contribution in [0.1, 0.15) is 28.8 Å². The van der Waals surface area contributed by atoms with Crippen LogP contribution in [0.25, 0.3) is 10.9 Å². The number of hydrogen-bond acceptors (Lipinski definition) is 3. The average molecular weight is 436 g/mol. The topological polar surface area (TPSA) is 69.3 Å². The maximum atomic E-state index is 11.7. The van der Waals surface area contributed by atoms with Crippen molar-refractivity contribution in [2.45, 2.75) is 24.8 Å². The minimum atomic E-state index is -1.14. The Bertz CT molecular complexity index is 1340. The van der Waals surface area contributed by atoms with E-state index in [1.54, 1.807) is 6.07 Å². The van der Waals surface area contributed by atoms with Gasteiger partial charge in [-0.15, -0.1) is 0 Å². The van der Waals surface area contributed by atoms with Gasteiger partial charge in [0.25, 0.3) is 0 Å². The molecule has 1 N–H and O–H groups in total. The Kier molecular flexibility index (Phi) is 5.45. The smallest absolute Gasteiger partial charge is 0.417 e. The number of carbonyl (C=O) groups is 1. The van der Waals surface area contributed by atoms with Crippen molar-refractivity contribution in [1.82, 2.24) is 9.47 Å². The van der Waals surface area contributed by atoms with E-state index in [4.69, 9.17) is 0 Å². The van der Waals surface area contributed by atoms with Gasteiger partial charge in [-0.2, -0.15) is 5.26 Å². The SMILES string of the molecule is N#Cc1cc2cc(C3(Cc4ccccc4)CCN(Cc4ccccc4)C3)ccc2n1C(=O)O. The second-order valence-electron chi connectivity index (χ2n) is 8.92. The summed E-state index contributed by atoms with van der Waals surface area (Å²) >= 11 is 0. The minimum absolute atomic E-state index is 0.0809. The zero-order valence-electron chi connectivity index (χ0n) is 18.3. The second kappa shape index (κ2) is 8.57. The quantitative estimate of drug-likeness (QED) is 0.454. The van der Waals surface area contributed by atoms with Gasteiger partial charge in [-0.25, -0.2) is 9.36 Å². The maximum Gasteiger partial charge on any atom is 0.417 e. The van der Waals surface area contributed by atoms with E-state index in [0.717, 1.165) is 42.4 Å². The van der Waals surface area contributed by atoms with E-state index in [9.17, 15) is 15.2 Å². The lowest BCUT2D eigenvalue weighted by Crippen LogP contribution is -2.33. The summed E-state index contributed by atoms with van der Waals surface area (Å²) < 4.78 is 1.07. The highest BCUT2D eigenvalue weighted by atomic mass is 16.4. The van der Waals surface area contributed by atoms with E-state index in [2.05, 4.69) is 65.6 Å². The van der Waals surface area contributed by atoms with Gasteiger partial charge in [-0.3, -0.25) is 4.90 Å². The van der Waals surface area contributed by atoms with E-state index in [1.165, 1.54) is 16.7 Å². The van der Waals surface area contributed by atoms with E-state index in [-0.39, 0.29) is 11.1 Å². The second-order valence-corrected chi connectivity index (χ2v) is 8.92. The fourth-order valence-electron chi connectivity index (χ4n) is 5.24. The fourth-order valence-corrected chi connectivity index (χ4v) is 5.24. The van der Waals surface area contributed by atoms with Gasteiger partial charge in [0.2, 0.25) is 0 Å². The lowest BCUT2D eigenvalue weighted by atomic mass is 9.74. The molecule has 0 aliphatic carbocycles. The third-order valence-electron chi connectivity index (χ3n) is 6.79. The molecule has 0 spiro atoms. The first kappa shape index (κ1) is 21.0. The Balaban J connectivity index is 1.54. The predicted molar refractivity (Wildman–Crippen MR) is 128 cm³/mol. The maximum absolute atomic E-state index is 11.7. The molecule has 3 aromatic carbocycles. The van der Waals surface area contributed by atoms with Crippen molar-refractivity contribution >= 4 is 17.0 Å². The molecule has 1 aliphatic heterocycles. The van der Waals surface area contributed by atoms with Crippen molar-refractivity contribution in [2.75, 3.05) is 13.1 Å². The summed E-state index contributed by atoms with van der Waals surface area (Å²) in [6.07, 6.45) is 0.795. The molecule has 164 valence electrons. The van der Waals surface area contributed by atoms with Gasteiger partial charge in [0.15, 0.2) is 0 Å². The molecule has 4 aromatic rings. The van der Waals surface area contributed by atoms with Gasteiger partial charge in [-0.05, 0) is 54.3 Å². The molecule has 1 aliphatic rings. The summed E-state index contributed by atoms with van der Waals surface area (Å²) in [5, 5.41) is 19.8. The number of rotatable bonds is 5. The minimum Gasteiger partial charge on any atom is -0.464 e. The molecule has 0 saturated carbocycles. The van der Waals surface area contributed by atoms with Gasteiger partial charge in [0, 0.05) is 23.9 Å². The molecule has 1 unspecified atom stereocenters. The van der Waals surface area contributed by atoms with Gasteiger partial charge >= 0.3 is 6.09 Å². The zero-order valence-corrected chi connectivity index (χ0v) is 18.3. The van der Waals surface area contributed by atoms with Crippen LogP contribution in [-0.4, -0.2) is 33.8 Å². The molecular formula is C28H25N3O2. The molecule has 0 amide bonds. The molecule has 5 heteroatoms. The number of benzene rings is 3. The lowest BCUT2D eigenvalue weighted by molar-refractivity contribution is 0.197. The van der Waals surface area contributed by atoms with Crippen LogP contribution in [0.4, 0.5) is 4.79 Å². The molecule has 2 heterocycles. The van der Waals surface area contributed by atoms with Crippen LogP contribution in [-0.2, 0) is 18.4 Å². The number of hydrogen-bond donors (Lipinski definition) is 1. The lowest BCUT2D eigenvalue weighted by Gasteiger charge is -2.31. The van der Waals surface area contributed by atoms with Crippen LogP contribution in [0, 0.1) is 11.3 Å². The van der Waals surface area contributed by atoms with Crippen molar-refractivity contribution in [1.29, 1.82) is 5.26 Å². The van der Waals surface area contributed by atoms with Crippen LogP contribution >= 0.6 is 0 Å². The van der Waals surface area contributed by atoms with Crippen molar-refractivity contribution < 1.29 is 9.90 Å². The Morgan fingerprint density at radius 3 is 2.33 bits per heavy atom. The Morgan fingerprint density at radius 2 is 1.67 bits per heavy atom. The zero-order chi connectivity index (χ0) is 22.8. The van der Waals surface area contributed by atoms with Crippen LogP contribution in [0.5, 0.6) is 0 Å². The summed E-state index contributed by atoms with van der Waals surface area (Å²) in [6, 6.07) is 30.8. The van der Waals surface area contributed by atoms with Crippen LogP contribution in [0.2, 0.25) is 0 Å². The highest BCUT2D eigenvalue weighted by Crippen LogP contribution is 2.40. The van der Waals surface area contributed by atoms with E-state index < -0.39 is 6.09 Å². The Morgan fingerprint density at radius 1 is 0.970 bits per heavy atom. The van der Waals surface area contributed by atoms with Crippen molar-refractivity contribution in [3.63, 3.8) is 0 Å². The number of nitriles is 1. The predicted octanol–water partition coefficient (Wildman–Crippen LogP) is 5.43. The van der Waals surface area contributed by atoms with Crippen molar-refractivity contribution in [3.8, 4) is 6.07 Å². The number of fused-ring (bicyclic) bond motifs is 1. The first-order chi connectivity index (χ1) is 16.1. The number of aromatic nitrogens is 1. The third-order valence-corrected chi connectivity index (χ3v) is 6.79. The summed E-state index contributed by atoms with van der Waals surface area (Å²) in [6.45, 7) is 2.83. The molecule has 1 aromatic heterocycles. The summed E-state index contributed by atoms with van der Waals surface area (Å²) in [5.74, 6) is 0. The average Bonchev–Trinajstić information content (AvgIpc) is 3.41. The molecule has 0 bridgehead atoms. The van der Waals surface area contributed by atoms with E-state index in [1.807, 2.05) is 24.3 Å². The van der Waals surface area contributed by atoms with Crippen LogP contribution < -0.4 is 0 Å². The third kappa shape index (κ3) is 4.02. The van der Waals surface area contributed by atoms with Crippen LogP contribution in [0.3, 0.4) is 0 Å². The summed E-state index contributed by atoms with van der Waals surface area (Å²) in [5.41, 5.74) is 4.41. The molecule has 0 radical (unpaired) electrons. The number of likely N-dealkylation sites (tertiary alicyclic amines) is 1. The van der Waals surface area contributed by atoms with Crippen molar-refractivity contribution in [2.24, 2.45) is 0 Å². The first-order valence-electron chi connectivity index (χ1n) is 11.2. The molecule has 1 saturated heterocycles. The normalized spacial score (nSPS) is 18.4. The molecule has 5 nitrogen and oxygen atoms in total. The summed E-state index contributed by atoms with van der Waals surface area (Å²) in [7, 11) is 0. The summed E-state index contributed by atoms with van der Waals surface area (Å²) in [4.78, 5) is 14.2.